The summed E-state index contributed by atoms with van der Waals surface area (Å²) in [5.74, 6) is -0.611. The number of hydrogen-bond acceptors (Lipinski definition) is 7. The molecule has 0 aromatic heterocycles. The molecular weight excluding hydrogens is 354 g/mol. The first kappa shape index (κ1) is 21.9. The average molecular weight is 379 g/mol. The molecule has 0 aliphatic rings. The van der Waals surface area contributed by atoms with E-state index in [-0.39, 0.29) is 30.1 Å². The zero-order chi connectivity index (χ0) is 20.4. The van der Waals surface area contributed by atoms with Crippen LogP contribution in [0.3, 0.4) is 0 Å². The number of anilines is 1. The SMILES string of the molecule is CCOC(=O)c1ccc(NC/C=C/CNC(=O)OC(C)(C)C)c([N+](=O)[O-])c1. The third-order valence-corrected chi connectivity index (χ3v) is 3.05. The van der Waals surface area contributed by atoms with Crippen LogP contribution in [0.2, 0.25) is 0 Å². The third-order valence-electron chi connectivity index (χ3n) is 3.05. The van der Waals surface area contributed by atoms with Crippen LogP contribution in [0, 0.1) is 10.1 Å². The standard InChI is InChI=1S/C18H25N3O6/c1-5-26-16(22)13-8-9-14(15(12-13)21(24)25)19-10-6-7-11-20-17(23)27-18(2,3)4/h6-9,12,19H,5,10-11H2,1-4H3,(H,20,23)/b7-6+. The lowest BCUT2D eigenvalue weighted by Gasteiger charge is -2.19. The Morgan fingerprint density at radius 3 is 2.48 bits per heavy atom. The molecule has 0 fully saturated rings. The molecule has 9 nitrogen and oxygen atoms in total. The van der Waals surface area contributed by atoms with Gasteiger partial charge in [-0.2, -0.15) is 0 Å². The molecule has 0 bridgehead atoms. The molecule has 0 atom stereocenters. The van der Waals surface area contributed by atoms with Crippen LogP contribution < -0.4 is 10.6 Å². The molecule has 0 aliphatic heterocycles. The van der Waals surface area contributed by atoms with Gasteiger partial charge in [-0.15, -0.1) is 0 Å². The highest BCUT2D eigenvalue weighted by Crippen LogP contribution is 2.25. The summed E-state index contributed by atoms with van der Waals surface area (Å²) in [4.78, 5) is 33.8. The van der Waals surface area contributed by atoms with Crippen molar-refractivity contribution >= 4 is 23.4 Å². The summed E-state index contributed by atoms with van der Waals surface area (Å²) in [6, 6.07) is 4.09. The number of alkyl carbamates (subject to hydrolysis) is 1. The second-order valence-corrected chi connectivity index (χ2v) is 6.44. The van der Waals surface area contributed by atoms with Crippen molar-refractivity contribution < 1.29 is 24.0 Å². The van der Waals surface area contributed by atoms with Crippen LogP contribution in [-0.4, -0.2) is 42.3 Å². The molecule has 27 heavy (non-hydrogen) atoms. The Bertz CT molecular complexity index is 710. The zero-order valence-corrected chi connectivity index (χ0v) is 15.9. The third kappa shape index (κ3) is 8.21. The molecule has 1 aromatic rings. The van der Waals surface area contributed by atoms with Gasteiger partial charge in [-0.1, -0.05) is 12.2 Å². The highest BCUT2D eigenvalue weighted by molar-refractivity contribution is 5.91. The van der Waals surface area contributed by atoms with Crippen molar-refractivity contribution in [3.63, 3.8) is 0 Å². The predicted octanol–water partition coefficient (Wildman–Crippen LogP) is 3.26. The minimum atomic E-state index is -0.611. The number of nitrogens with one attached hydrogen (secondary N) is 2. The van der Waals surface area contributed by atoms with Crippen molar-refractivity contribution in [1.29, 1.82) is 0 Å². The molecule has 1 aromatic carbocycles. The number of ether oxygens (including phenoxy) is 2. The Morgan fingerprint density at radius 1 is 1.22 bits per heavy atom. The number of benzene rings is 1. The highest BCUT2D eigenvalue weighted by atomic mass is 16.6. The number of carbonyl (C=O) groups excluding carboxylic acids is 2. The molecule has 0 heterocycles. The Kier molecular flexibility index (Phi) is 8.25. The summed E-state index contributed by atoms with van der Waals surface area (Å²) < 4.78 is 9.93. The van der Waals surface area contributed by atoms with E-state index in [9.17, 15) is 19.7 Å². The van der Waals surface area contributed by atoms with E-state index in [0.29, 0.717) is 6.54 Å². The van der Waals surface area contributed by atoms with Crippen molar-refractivity contribution in [2.75, 3.05) is 25.0 Å². The minimum Gasteiger partial charge on any atom is -0.462 e. The molecule has 1 amide bonds. The molecule has 0 saturated heterocycles. The first-order valence-corrected chi connectivity index (χ1v) is 8.45. The Morgan fingerprint density at radius 2 is 1.89 bits per heavy atom. The minimum absolute atomic E-state index is 0.117. The molecule has 0 radical (unpaired) electrons. The average Bonchev–Trinajstić information content (AvgIpc) is 2.56. The maximum Gasteiger partial charge on any atom is 0.407 e. The summed E-state index contributed by atoms with van der Waals surface area (Å²) in [6.45, 7) is 7.72. The molecule has 0 spiro atoms. The highest BCUT2D eigenvalue weighted by Gasteiger charge is 2.18. The number of nitro benzene ring substituents is 1. The normalized spacial score (nSPS) is 11.1. The summed E-state index contributed by atoms with van der Waals surface area (Å²) >= 11 is 0. The topological polar surface area (TPSA) is 120 Å². The van der Waals surface area contributed by atoms with Gasteiger partial charge in [0.25, 0.3) is 5.69 Å². The van der Waals surface area contributed by atoms with Gasteiger partial charge in [-0.05, 0) is 39.8 Å². The van der Waals surface area contributed by atoms with Crippen LogP contribution in [0.4, 0.5) is 16.2 Å². The summed E-state index contributed by atoms with van der Waals surface area (Å²) in [7, 11) is 0. The summed E-state index contributed by atoms with van der Waals surface area (Å²) in [5.41, 5.74) is -0.394. The molecule has 1 rings (SSSR count). The van der Waals surface area contributed by atoms with Crippen molar-refractivity contribution in [3.05, 3.63) is 46.0 Å². The van der Waals surface area contributed by atoms with E-state index in [2.05, 4.69) is 10.6 Å². The summed E-state index contributed by atoms with van der Waals surface area (Å²) in [5, 5.41) is 16.7. The Hall–Kier alpha value is -3.10. The van der Waals surface area contributed by atoms with E-state index < -0.39 is 22.6 Å². The van der Waals surface area contributed by atoms with Gasteiger partial charge in [0.1, 0.15) is 11.3 Å². The second kappa shape index (κ2) is 10.1. The van der Waals surface area contributed by atoms with Gasteiger partial charge in [0, 0.05) is 19.2 Å². The predicted molar refractivity (Wildman–Crippen MR) is 101 cm³/mol. The zero-order valence-electron chi connectivity index (χ0n) is 15.9. The molecule has 2 N–H and O–H groups in total. The van der Waals surface area contributed by atoms with Gasteiger partial charge in [0.05, 0.1) is 17.1 Å². The lowest BCUT2D eigenvalue weighted by atomic mass is 10.1. The Balaban J connectivity index is 2.57. The maximum absolute atomic E-state index is 11.7. The monoisotopic (exact) mass is 379 g/mol. The van der Waals surface area contributed by atoms with E-state index >= 15 is 0 Å². The first-order valence-electron chi connectivity index (χ1n) is 8.45. The fourth-order valence-electron chi connectivity index (χ4n) is 1.97. The fourth-order valence-corrected chi connectivity index (χ4v) is 1.97. The van der Waals surface area contributed by atoms with Crippen molar-refractivity contribution in [2.45, 2.75) is 33.3 Å². The van der Waals surface area contributed by atoms with E-state index in [1.54, 1.807) is 39.8 Å². The van der Waals surface area contributed by atoms with E-state index in [0.717, 1.165) is 0 Å². The van der Waals surface area contributed by atoms with Gasteiger partial charge in [-0.25, -0.2) is 9.59 Å². The second-order valence-electron chi connectivity index (χ2n) is 6.44. The van der Waals surface area contributed by atoms with Gasteiger partial charge in [0.15, 0.2) is 0 Å². The summed E-state index contributed by atoms with van der Waals surface area (Å²) in [6.07, 6.45) is 2.88. The lowest BCUT2D eigenvalue weighted by molar-refractivity contribution is -0.384. The van der Waals surface area contributed by atoms with E-state index in [1.165, 1.54) is 18.2 Å². The van der Waals surface area contributed by atoms with Crippen LogP contribution in [0.5, 0.6) is 0 Å². The molecular formula is C18H25N3O6. The molecule has 0 unspecified atom stereocenters. The number of nitro groups is 1. The number of carbonyl (C=O) groups is 2. The number of rotatable bonds is 8. The number of amides is 1. The number of nitrogens with zero attached hydrogens (tertiary/aromatic N) is 1. The largest absolute Gasteiger partial charge is 0.462 e. The van der Waals surface area contributed by atoms with Gasteiger partial charge < -0.3 is 20.1 Å². The van der Waals surface area contributed by atoms with Crippen molar-refractivity contribution in [1.82, 2.24) is 5.32 Å². The van der Waals surface area contributed by atoms with Crippen molar-refractivity contribution in [2.24, 2.45) is 0 Å². The number of esters is 1. The van der Waals surface area contributed by atoms with Crippen LogP contribution in [-0.2, 0) is 9.47 Å². The Labute approximate surface area is 157 Å². The fraction of sp³-hybridized carbons (Fsp3) is 0.444. The van der Waals surface area contributed by atoms with E-state index in [4.69, 9.17) is 9.47 Å². The molecule has 0 aliphatic carbocycles. The quantitative estimate of drug-likeness (QED) is 0.308. The molecule has 0 saturated carbocycles. The van der Waals surface area contributed by atoms with Gasteiger partial charge in [0.2, 0.25) is 0 Å². The molecule has 148 valence electrons. The lowest BCUT2D eigenvalue weighted by Crippen LogP contribution is -2.32. The van der Waals surface area contributed by atoms with Crippen LogP contribution in [0.25, 0.3) is 0 Å². The van der Waals surface area contributed by atoms with Gasteiger partial charge in [-0.3, -0.25) is 10.1 Å². The van der Waals surface area contributed by atoms with Crippen LogP contribution in [0.15, 0.2) is 30.4 Å². The van der Waals surface area contributed by atoms with Crippen LogP contribution in [0.1, 0.15) is 38.1 Å². The maximum atomic E-state index is 11.7. The first-order chi connectivity index (χ1) is 12.6. The van der Waals surface area contributed by atoms with Crippen molar-refractivity contribution in [3.8, 4) is 0 Å². The smallest absolute Gasteiger partial charge is 0.407 e. The van der Waals surface area contributed by atoms with Gasteiger partial charge >= 0.3 is 12.1 Å². The van der Waals surface area contributed by atoms with Crippen LogP contribution >= 0.6 is 0 Å². The van der Waals surface area contributed by atoms with E-state index in [1.807, 2.05) is 0 Å². The molecule has 9 heteroatoms. The number of hydrogen-bond donors (Lipinski definition) is 2.